The van der Waals surface area contributed by atoms with E-state index in [2.05, 4.69) is 22.2 Å². The van der Waals surface area contributed by atoms with Crippen LogP contribution in [0.3, 0.4) is 0 Å². The SMILES string of the molecule is CCCCCCC(NC)c1ncc(C)cn1. The Balaban J connectivity index is 2.44. The second-order valence-corrected chi connectivity index (χ2v) is 4.31. The molecule has 0 spiro atoms. The lowest BCUT2D eigenvalue weighted by Crippen LogP contribution is -2.19. The Morgan fingerprint density at radius 2 is 1.88 bits per heavy atom. The standard InChI is InChI=1S/C13H23N3/c1-4-5-6-7-8-12(14-3)13-15-9-11(2)10-16-13/h9-10,12,14H,4-8H2,1-3H3. The van der Waals surface area contributed by atoms with Gasteiger partial charge < -0.3 is 5.32 Å². The van der Waals surface area contributed by atoms with Crippen LogP contribution in [0.5, 0.6) is 0 Å². The molecule has 3 heteroatoms. The van der Waals surface area contributed by atoms with E-state index in [4.69, 9.17) is 0 Å². The van der Waals surface area contributed by atoms with Crippen LogP contribution in [0.2, 0.25) is 0 Å². The molecule has 0 saturated carbocycles. The zero-order valence-electron chi connectivity index (χ0n) is 10.7. The van der Waals surface area contributed by atoms with Crippen LogP contribution < -0.4 is 5.32 Å². The maximum Gasteiger partial charge on any atom is 0.145 e. The van der Waals surface area contributed by atoms with Crippen molar-refractivity contribution in [3.8, 4) is 0 Å². The van der Waals surface area contributed by atoms with E-state index in [-0.39, 0.29) is 0 Å². The lowest BCUT2D eigenvalue weighted by Gasteiger charge is -2.14. The maximum atomic E-state index is 4.37. The Bertz CT molecular complexity index is 282. The zero-order valence-corrected chi connectivity index (χ0v) is 10.7. The maximum absolute atomic E-state index is 4.37. The van der Waals surface area contributed by atoms with Crippen LogP contribution in [-0.2, 0) is 0 Å². The van der Waals surface area contributed by atoms with Crippen molar-refractivity contribution in [3.63, 3.8) is 0 Å². The summed E-state index contributed by atoms with van der Waals surface area (Å²) in [4.78, 5) is 8.75. The van der Waals surface area contributed by atoms with Gasteiger partial charge in [0.2, 0.25) is 0 Å². The van der Waals surface area contributed by atoms with Crippen molar-refractivity contribution in [2.75, 3.05) is 7.05 Å². The van der Waals surface area contributed by atoms with E-state index in [0.29, 0.717) is 6.04 Å². The second-order valence-electron chi connectivity index (χ2n) is 4.31. The largest absolute Gasteiger partial charge is 0.310 e. The summed E-state index contributed by atoms with van der Waals surface area (Å²) >= 11 is 0. The zero-order chi connectivity index (χ0) is 11.8. The number of rotatable bonds is 7. The number of hydrogen-bond donors (Lipinski definition) is 1. The molecule has 90 valence electrons. The van der Waals surface area contributed by atoms with Crippen molar-refractivity contribution in [2.24, 2.45) is 0 Å². The van der Waals surface area contributed by atoms with E-state index in [9.17, 15) is 0 Å². The minimum Gasteiger partial charge on any atom is -0.310 e. The Morgan fingerprint density at radius 1 is 1.19 bits per heavy atom. The smallest absolute Gasteiger partial charge is 0.145 e. The van der Waals surface area contributed by atoms with E-state index in [1.54, 1.807) is 0 Å². The van der Waals surface area contributed by atoms with Gasteiger partial charge in [0.1, 0.15) is 5.82 Å². The van der Waals surface area contributed by atoms with E-state index < -0.39 is 0 Å². The van der Waals surface area contributed by atoms with Gasteiger partial charge in [-0.05, 0) is 26.0 Å². The van der Waals surface area contributed by atoms with E-state index in [1.165, 1.54) is 25.7 Å². The fraction of sp³-hybridized carbons (Fsp3) is 0.692. The Hall–Kier alpha value is -0.960. The minimum atomic E-state index is 0.303. The molecule has 1 aromatic heterocycles. The number of nitrogens with one attached hydrogen (secondary N) is 1. The topological polar surface area (TPSA) is 37.8 Å². The fourth-order valence-corrected chi connectivity index (χ4v) is 1.76. The van der Waals surface area contributed by atoms with Gasteiger partial charge in [0.15, 0.2) is 0 Å². The molecule has 3 nitrogen and oxygen atoms in total. The molecule has 1 atom stereocenters. The van der Waals surface area contributed by atoms with Gasteiger partial charge in [-0.3, -0.25) is 0 Å². The molecule has 0 aliphatic carbocycles. The van der Waals surface area contributed by atoms with Gasteiger partial charge in [-0.15, -0.1) is 0 Å². The lowest BCUT2D eigenvalue weighted by atomic mass is 10.1. The monoisotopic (exact) mass is 221 g/mol. The molecule has 0 fully saturated rings. The van der Waals surface area contributed by atoms with Crippen LogP contribution in [0.1, 0.15) is 56.5 Å². The first kappa shape index (κ1) is 13.1. The lowest BCUT2D eigenvalue weighted by molar-refractivity contribution is 0.484. The summed E-state index contributed by atoms with van der Waals surface area (Å²) in [5.41, 5.74) is 1.12. The molecule has 0 aliphatic rings. The predicted octanol–water partition coefficient (Wildman–Crippen LogP) is 3.02. The van der Waals surface area contributed by atoms with Crippen molar-refractivity contribution >= 4 is 0 Å². The summed E-state index contributed by atoms with van der Waals surface area (Å²) in [6, 6.07) is 0.303. The molecule has 1 aromatic rings. The number of nitrogens with zero attached hydrogens (tertiary/aromatic N) is 2. The third-order valence-corrected chi connectivity index (χ3v) is 2.81. The van der Waals surface area contributed by atoms with Crippen molar-refractivity contribution in [2.45, 2.75) is 52.0 Å². The van der Waals surface area contributed by atoms with Gasteiger partial charge in [0, 0.05) is 12.4 Å². The van der Waals surface area contributed by atoms with Gasteiger partial charge in [0.05, 0.1) is 6.04 Å². The fourth-order valence-electron chi connectivity index (χ4n) is 1.76. The first-order valence-corrected chi connectivity index (χ1v) is 6.23. The third-order valence-electron chi connectivity index (χ3n) is 2.81. The number of aromatic nitrogens is 2. The Labute approximate surface area is 98.7 Å². The van der Waals surface area contributed by atoms with E-state index >= 15 is 0 Å². The first-order chi connectivity index (χ1) is 7.77. The number of hydrogen-bond acceptors (Lipinski definition) is 3. The third kappa shape index (κ3) is 4.27. The second kappa shape index (κ2) is 7.34. The molecule has 0 radical (unpaired) electrons. The van der Waals surface area contributed by atoms with Crippen LogP contribution >= 0.6 is 0 Å². The molecular weight excluding hydrogens is 198 g/mol. The van der Waals surface area contributed by atoms with Crippen molar-refractivity contribution < 1.29 is 0 Å². The predicted molar refractivity (Wildman–Crippen MR) is 67.3 cm³/mol. The molecule has 16 heavy (non-hydrogen) atoms. The molecule has 1 heterocycles. The van der Waals surface area contributed by atoms with Crippen LogP contribution in [0.15, 0.2) is 12.4 Å². The van der Waals surface area contributed by atoms with Gasteiger partial charge >= 0.3 is 0 Å². The van der Waals surface area contributed by atoms with Crippen molar-refractivity contribution in [1.82, 2.24) is 15.3 Å². The number of aryl methyl sites for hydroxylation is 1. The van der Waals surface area contributed by atoms with Gasteiger partial charge in [-0.25, -0.2) is 9.97 Å². The molecule has 0 aliphatic heterocycles. The molecule has 0 aromatic carbocycles. The van der Waals surface area contributed by atoms with Crippen LogP contribution in [0.25, 0.3) is 0 Å². The Morgan fingerprint density at radius 3 is 2.44 bits per heavy atom. The average molecular weight is 221 g/mol. The van der Waals surface area contributed by atoms with Crippen LogP contribution in [0.4, 0.5) is 0 Å². The molecule has 1 unspecified atom stereocenters. The molecule has 1 N–H and O–H groups in total. The van der Waals surface area contributed by atoms with Gasteiger partial charge in [-0.1, -0.05) is 32.6 Å². The molecule has 1 rings (SSSR count). The van der Waals surface area contributed by atoms with Gasteiger partial charge in [-0.2, -0.15) is 0 Å². The summed E-state index contributed by atoms with van der Waals surface area (Å²) in [6.07, 6.45) is 10.1. The highest BCUT2D eigenvalue weighted by Crippen LogP contribution is 2.16. The van der Waals surface area contributed by atoms with Crippen molar-refractivity contribution in [3.05, 3.63) is 23.8 Å². The number of unbranched alkanes of at least 4 members (excludes halogenated alkanes) is 3. The first-order valence-electron chi connectivity index (χ1n) is 6.23. The molecule has 0 amide bonds. The minimum absolute atomic E-state index is 0.303. The molecule has 0 saturated heterocycles. The van der Waals surface area contributed by atoms with Gasteiger partial charge in [0.25, 0.3) is 0 Å². The molecule has 0 bridgehead atoms. The average Bonchev–Trinajstić information content (AvgIpc) is 2.31. The Kier molecular flexibility index (Phi) is 6.01. The van der Waals surface area contributed by atoms with Crippen molar-refractivity contribution in [1.29, 1.82) is 0 Å². The summed E-state index contributed by atoms with van der Waals surface area (Å²) in [7, 11) is 1.98. The highest BCUT2D eigenvalue weighted by molar-refractivity contribution is 5.04. The summed E-state index contributed by atoms with van der Waals surface area (Å²) in [5, 5.41) is 3.29. The molecular formula is C13H23N3. The van der Waals surface area contributed by atoms with E-state index in [0.717, 1.165) is 17.8 Å². The highest BCUT2D eigenvalue weighted by atomic mass is 15.0. The summed E-state index contributed by atoms with van der Waals surface area (Å²) in [5.74, 6) is 0.921. The quantitative estimate of drug-likeness (QED) is 0.719. The van der Waals surface area contributed by atoms with Crippen LogP contribution in [-0.4, -0.2) is 17.0 Å². The highest BCUT2D eigenvalue weighted by Gasteiger charge is 2.10. The normalized spacial score (nSPS) is 12.7. The summed E-state index contributed by atoms with van der Waals surface area (Å²) in [6.45, 7) is 4.25. The van der Waals surface area contributed by atoms with Crippen LogP contribution in [0, 0.1) is 6.92 Å². The van der Waals surface area contributed by atoms with E-state index in [1.807, 2.05) is 26.4 Å². The summed E-state index contributed by atoms with van der Waals surface area (Å²) < 4.78 is 0.